The van der Waals surface area contributed by atoms with Gasteiger partial charge >= 0.3 is 6.18 Å². The number of rotatable bonds is 6. The Morgan fingerprint density at radius 3 is 2.53 bits per heavy atom. The second-order valence-electron chi connectivity index (χ2n) is 6.40. The number of aromatic nitrogens is 2. The first kappa shape index (κ1) is 20.9. The molecular weight excluding hydrogens is 397 g/mol. The van der Waals surface area contributed by atoms with Crippen molar-refractivity contribution in [2.24, 2.45) is 0 Å². The fraction of sp³-hybridized carbons (Fsp3) is 0.190. The predicted molar refractivity (Wildman–Crippen MR) is 102 cm³/mol. The number of carbonyl (C=O) groups is 1. The van der Waals surface area contributed by atoms with Crippen LogP contribution in [0.1, 0.15) is 23.7 Å². The summed E-state index contributed by atoms with van der Waals surface area (Å²) in [5.41, 5.74) is 0.580. The molecule has 0 bridgehead atoms. The number of alkyl halides is 3. The molecule has 0 aliphatic carbocycles. The van der Waals surface area contributed by atoms with Gasteiger partial charge in [-0.05, 0) is 42.8 Å². The Morgan fingerprint density at radius 1 is 1.20 bits per heavy atom. The number of hydrogen-bond acceptors (Lipinski definition) is 4. The van der Waals surface area contributed by atoms with Gasteiger partial charge in [-0.3, -0.25) is 4.79 Å². The normalized spacial score (nSPS) is 12.1. The Labute approximate surface area is 170 Å². The molecule has 9 heteroatoms. The highest BCUT2D eigenvalue weighted by Crippen LogP contribution is 2.27. The number of halogens is 3. The monoisotopic (exact) mass is 414 g/mol. The Balaban J connectivity index is 1.57. The van der Waals surface area contributed by atoms with E-state index in [1.165, 1.54) is 6.20 Å². The lowest BCUT2D eigenvalue weighted by atomic mass is 10.2. The molecule has 0 saturated carbocycles. The molecule has 1 atom stereocenters. The third kappa shape index (κ3) is 4.97. The topological polar surface area (TPSA) is 79.9 Å². The third-order valence-corrected chi connectivity index (χ3v) is 4.23. The lowest BCUT2D eigenvalue weighted by Gasteiger charge is -2.15. The second-order valence-corrected chi connectivity index (χ2v) is 6.40. The van der Waals surface area contributed by atoms with Crippen molar-refractivity contribution in [2.45, 2.75) is 25.7 Å². The van der Waals surface area contributed by atoms with Crippen molar-refractivity contribution in [3.63, 3.8) is 0 Å². The van der Waals surface area contributed by atoms with E-state index in [1.54, 1.807) is 55.5 Å². The summed E-state index contributed by atoms with van der Waals surface area (Å²) in [4.78, 5) is 12.3. The quantitative estimate of drug-likeness (QED) is 0.665. The Bertz CT molecular complexity index is 1070. The lowest BCUT2D eigenvalue weighted by molar-refractivity contribution is -0.141. The summed E-state index contributed by atoms with van der Waals surface area (Å²) in [5.74, 6) is -0.0434. The summed E-state index contributed by atoms with van der Waals surface area (Å²) >= 11 is 0. The molecule has 0 spiro atoms. The van der Waals surface area contributed by atoms with E-state index in [4.69, 9.17) is 10.00 Å². The summed E-state index contributed by atoms with van der Waals surface area (Å²) in [5, 5.41) is 15.3. The summed E-state index contributed by atoms with van der Waals surface area (Å²) in [6, 6.07) is 16.1. The van der Waals surface area contributed by atoms with Crippen LogP contribution in [0.25, 0.3) is 5.69 Å². The maximum atomic E-state index is 12.7. The van der Waals surface area contributed by atoms with Crippen LogP contribution in [0.4, 0.5) is 13.2 Å². The summed E-state index contributed by atoms with van der Waals surface area (Å²) in [6.07, 6.45) is -4.08. The zero-order valence-electron chi connectivity index (χ0n) is 15.8. The van der Waals surface area contributed by atoms with Gasteiger partial charge in [0.1, 0.15) is 11.8 Å². The number of ether oxygens (including phenoxy) is 1. The second kappa shape index (κ2) is 8.69. The van der Waals surface area contributed by atoms with Crippen LogP contribution >= 0.6 is 0 Å². The molecule has 1 N–H and O–H groups in total. The lowest BCUT2D eigenvalue weighted by Crippen LogP contribution is -2.36. The molecule has 154 valence electrons. The van der Waals surface area contributed by atoms with Crippen LogP contribution in [0.2, 0.25) is 0 Å². The van der Waals surface area contributed by atoms with Crippen LogP contribution in [-0.4, -0.2) is 21.8 Å². The molecule has 0 radical (unpaired) electrons. The number of nitrogens with one attached hydrogen (secondary N) is 1. The van der Waals surface area contributed by atoms with Crippen LogP contribution in [0.15, 0.2) is 60.8 Å². The Kier molecular flexibility index (Phi) is 6.06. The van der Waals surface area contributed by atoms with Crippen molar-refractivity contribution in [1.82, 2.24) is 15.1 Å². The molecule has 1 amide bonds. The molecule has 2 aromatic carbocycles. The maximum absolute atomic E-state index is 12.7. The molecule has 30 heavy (non-hydrogen) atoms. The van der Waals surface area contributed by atoms with Crippen LogP contribution in [0, 0.1) is 11.3 Å². The number of nitriles is 1. The van der Waals surface area contributed by atoms with E-state index in [0.717, 1.165) is 16.3 Å². The minimum Gasteiger partial charge on any atom is -0.480 e. The van der Waals surface area contributed by atoms with Gasteiger partial charge in [-0.2, -0.15) is 23.5 Å². The number of amides is 1. The first-order valence-electron chi connectivity index (χ1n) is 8.93. The van der Waals surface area contributed by atoms with Gasteiger partial charge in [0.05, 0.1) is 11.3 Å². The smallest absolute Gasteiger partial charge is 0.435 e. The molecule has 0 aliphatic heterocycles. The third-order valence-electron chi connectivity index (χ3n) is 4.23. The van der Waals surface area contributed by atoms with E-state index in [1.807, 2.05) is 6.07 Å². The zero-order valence-corrected chi connectivity index (χ0v) is 15.8. The maximum Gasteiger partial charge on any atom is 0.435 e. The molecular formula is C21H17F3N4O2. The SMILES string of the molecule is CC(Oc1ccccc1C#N)C(=O)NCc1ccc(-n2ccc(C(F)(F)F)n2)cc1. The average Bonchev–Trinajstić information content (AvgIpc) is 3.23. The van der Waals surface area contributed by atoms with Gasteiger partial charge < -0.3 is 10.1 Å². The van der Waals surface area contributed by atoms with E-state index in [9.17, 15) is 18.0 Å². The first-order valence-corrected chi connectivity index (χ1v) is 8.93. The standard InChI is InChI=1S/C21H17F3N4O2/c1-14(30-18-5-3-2-4-16(18)12-25)20(29)26-13-15-6-8-17(9-7-15)28-11-10-19(27-28)21(22,23)24/h2-11,14H,13H2,1H3,(H,26,29). The van der Waals surface area contributed by atoms with E-state index in [2.05, 4.69) is 10.4 Å². The van der Waals surface area contributed by atoms with Crippen LogP contribution in [-0.2, 0) is 17.5 Å². The minimum absolute atomic E-state index is 0.208. The number of carbonyl (C=O) groups excluding carboxylic acids is 1. The van der Waals surface area contributed by atoms with Crippen molar-refractivity contribution >= 4 is 5.91 Å². The van der Waals surface area contributed by atoms with Gasteiger partial charge in [-0.25, -0.2) is 4.68 Å². The highest BCUT2D eigenvalue weighted by Gasteiger charge is 2.33. The van der Waals surface area contributed by atoms with Gasteiger partial charge in [-0.15, -0.1) is 0 Å². The van der Waals surface area contributed by atoms with Crippen molar-refractivity contribution in [3.05, 3.63) is 77.6 Å². The van der Waals surface area contributed by atoms with Crippen molar-refractivity contribution in [3.8, 4) is 17.5 Å². The van der Waals surface area contributed by atoms with Gasteiger partial charge in [-0.1, -0.05) is 24.3 Å². The predicted octanol–water partition coefficient (Wildman–Crippen LogP) is 3.85. The van der Waals surface area contributed by atoms with Crippen LogP contribution < -0.4 is 10.1 Å². The summed E-state index contributed by atoms with van der Waals surface area (Å²) < 4.78 is 44.7. The molecule has 1 aromatic heterocycles. The van der Waals surface area contributed by atoms with E-state index < -0.39 is 18.0 Å². The molecule has 1 unspecified atom stereocenters. The summed E-state index contributed by atoms with van der Waals surface area (Å²) in [7, 11) is 0. The molecule has 0 aliphatic rings. The molecule has 1 heterocycles. The molecule has 0 fully saturated rings. The van der Waals surface area contributed by atoms with Crippen LogP contribution in [0.3, 0.4) is 0 Å². The van der Waals surface area contributed by atoms with Crippen molar-refractivity contribution in [2.75, 3.05) is 0 Å². The zero-order chi connectivity index (χ0) is 21.7. The summed E-state index contributed by atoms with van der Waals surface area (Å²) in [6.45, 7) is 1.78. The Morgan fingerprint density at radius 2 is 1.90 bits per heavy atom. The number of benzene rings is 2. The van der Waals surface area contributed by atoms with Gasteiger partial charge in [0, 0.05) is 12.7 Å². The van der Waals surface area contributed by atoms with Gasteiger partial charge in [0.2, 0.25) is 0 Å². The van der Waals surface area contributed by atoms with Gasteiger partial charge in [0.25, 0.3) is 5.91 Å². The fourth-order valence-electron chi connectivity index (χ4n) is 2.62. The van der Waals surface area contributed by atoms with Crippen molar-refractivity contribution in [1.29, 1.82) is 5.26 Å². The largest absolute Gasteiger partial charge is 0.480 e. The van der Waals surface area contributed by atoms with E-state index in [0.29, 0.717) is 17.0 Å². The van der Waals surface area contributed by atoms with Gasteiger partial charge in [0.15, 0.2) is 11.8 Å². The molecule has 0 saturated heterocycles. The number of hydrogen-bond donors (Lipinski definition) is 1. The highest BCUT2D eigenvalue weighted by atomic mass is 19.4. The molecule has 3 aromatic rings. The molecule has 3 rings (SSSR count). The Hall–Kier alpha value is -3.80. The molecule has 6 nitrogen and oxygen atoms in total. The average molecular weight is 414 g/mol. The van der Waals surface area contributed by atoms with E-state index >= 15 is 0 Å². The highest BCUT2D eigenvalue weighted by molar-refractivity contribution is 5.80. The fourth-order valence-corrected chi connectivity index (χ4v) is 2.62. The number of para-hydroxylation sites is 1. The minimum atomic E-state index is -4.50. The van der Waals surface area contributed by atoms with E-state index in [-0.39, 0.29) is 12.5 Å². The van der Waals surface area contributed by atoms with Crippen LogP contribution in [0.5, 0.6) is 5.75 Å². The first-order chi connectivity index (χ1) is 14.3. The number of nitrogens with zero attached hydrogens (tertiary/aromatic N) is 3. The van der Waals surface area contributed by atoms with Crippen molar-refractivity contribution < 1.29 is 22.7 Å².